The molecule has 1 fully saturated rings. The summed E-state index contributed by atoms with van der Waals surface area (Å²) in [6.07, 6.45) is 4.65. The fourth-order valence-corrected chi connectivity index (χ4v) is 3.40. The average molecular weight is 331 g/mol. The Morgan fingerprint density at radius 1 is 1.21 bits per heavy atom. The fourth-order valence-electron chi connectivity index (χ4n) is 3.40. The standard InChI is InChI=1S/C19H26FN3O/c1-15(2)23-18(7-10-22-23)14-21-19(8-11-24-12-9-19)13-16-3-5-17(20)6-4-16/h3-7,10,15,21H,8-9,11-14H2,1-2H3. The summed E-state index contributed by atoms with van der Waals surface area (Å²) in [5.74, 6) is -0.187. The predicted molar refractivity (Wildman–Crippen MR) is 92.3 cm³/mol. The lowest BCUT2D eigenvalue weighted by Crippen LogP contribution is -2.51. The summed E-state index contributed by atoms with van der Waals surface area (Å²) in [4.78, 5) is 0. The van der Waals surface area contributed by atoms with Gasteiger partial charge in [0.2, 0.25) is 0 Å². The molecule has 0 bridgehead atoms. The van der Waals surface area contributed by atoms with Gasteiger partial charge in [-0.05, 0) is 56.9 Å². The van der Waals surface area contributed by atoms with E-state index in [1.165, 1.54) is 17.8 Å². The van der Waals surface area contributed by atoms with Crippen molar-refractivity contribution < 1.29 is 9.13 Å². The number of benzene rings is 1. The van der Waals surface area contributed by atoms with E-state index < -0.39 is 0 Å². The second kappa shape index (κ2) is 7.45. The lowest BCUT2D eigenvalue weighted by Gasteiger charge is -2.38. The molecule has 1 N–H and O–H groups in total. The maximum atomic E-state index is 13.2. The first kappa shape index (κ1) is 17.1. The van der Waals surface area contributed by atoms with Crippen LogP contribution in [-0.4, -0.2) is 28.5 Å². The fraction of sp³-hybridized carbons (Fsp3) is 0.526. The third kappa shape index (κ3) is 4.02. The number of halogens is 1. The van der Waals surface area contributed by atoms with E-state index in [-0.39, 0.29) is 11.4 Å². The second-order valence-corrected chi connectivity index (χ2v) is 6.91. The summed E-state index contributed by atoms with van der Waals surface area (Å²) in [7, 11) is 0. The minimum Gasteiger partial charge on any atom is -0.381 e. The summed E-state index contributed by atoms with van der Waals surface area (Å²) in [5, 5.41) is 8.17. The van der Waals surface area contributed by atoms with Crippen LogP contribution in [0.2, 0.25) is 0 Å². The van der Waals surface area contributed by atoms with E-state index in [1.807, 2.05) is 18.3 Å². The van der Waals surface area contributed by atoms with Gasteiger partial charge in [0.05, 0.1) is 5.69 Å². The minimum atomic E-state index is -0.187. The Morgan fingerprint density at radius 2 is 1.92 bits per heavy atom. The highest BCUT2D eigenvalue weighted by atomic mass is 19.1. The van der Waals surface area contributed by atoms with Gasteiger partial charge in [-0.1, -0.05) is 12.1 Å². The molecule has 2 aromatic rings. The zero-order chi connectivity index (χ0) is 17.0. The van der Waals surface area contributed by atoms with Crippen LogP contribution in [0.3, 0.4) is 0 Å². The lowest BCUT2D eigenvalue weighted by molar-refractivity contribution is 0.0370. The van der Waals surface area contributed by atoms with Gasteiger partial charge in [0, 0.05) is 37.5 Å². The van der Waals surface area contributed by atoms with Crippen molar-refractivity contribution in [3.63, 3.8) is 0 Å². The van der Waals surface area contributed by atoms with Gasteiger partial charge in [-0.15, -0.1) is 0 Å². The third-order valence-corrected chi connectivity index (χ3v) is 4.79. The first-order valence-corrected chi connectivity index (χ1v) is 8.68. The van der Waals surface area contributed by atoms with E-state index in [9.17, 15) is 4.39 Å². The molecule has 0 saturated carbocycles. The Morgan fingerprint density at radius 3 is 2.58 bits per heavy atom. The number of nitrogens with one attached hydrogen (secondary N) is 1. The Labute approximate surface area is 143 Å². The van der Waals surface area contributed by atoms with Gasteiger partial charge in [0.1, 0.15) is 5.82 Å². The Hall–Kier alpha value is -1.72. The van der Waals surface area contributed by atoms with Crippen LogP contribution in [0.15, 0.2) is 36.5 Å². The first-order valence-electron chi connectivity index (χ1n) is 8.68. The van der Waals surface area contributed by atoms with Crippen molar-refractivity contribution in [1.82, 2.24) is 15.1 Å². The maximum absolute atomic E-state index is 13.2. The molecule has 0 atom stereocenters. The molecule has 0 aliphatic carbocycles. The van der Waals surface area contributed by atoms with Crippen LogP contribution >= 0.6 is 0 Å². The van der Waals surface area contributed by atoms with Crippen LogP contribution < -0.4 is 5.32 Å². The van der Waals surface area contributed by atoms with Crippen LogP contribution in [0, 0.1) is 5.82 Å². The minimum absolute atomic E-state index is 0.0117. The summed E-state index contributed by atoms with van der Waals surface area (Å²) in [6.45, 7) is 6.58. The van der Waals surface area contributed by atoms with Crippen molar-refractivity contribution in [1.29, 1.82) is 0 Å². The summed E-state index contributed by atoms with van der Waals surface area (Å²) in [5.41, 5.74) is 2.33. The maximum Gasteiger partial charge on any atom is 0.123 e. The molecule has 0 spiro atoms. The predicted octanol–water partition coefficient (Wildman–Crippen LogP) is 3.48. The van der Waals surface area contributed by atoms with Crippen LogP contribution in [0.4, 0.5) is 4.39 Å². The molecule has 1 aromatic carbocycles. The zero-order valence-corrected chi connectivity index (χ0v) is 14.5. The van der Waals surface area contributed by atoms with E-state index in [2.05, 4.69) is 35.0 Å². The lowest BCUT2D eigenvalue weighted by atomic mass is 9.83. The molecule has 1 aliphatic heterocycles. The van der Waals surface area contributed by atoms with Gasteiger partial charge in [-0.25, -0.2) is 4.39 Å². The van der Waals surface area contributed by atoms with Gasteiger partial charge in [0.25, 0.3) is 0 Å². The van der Waals surface area contributed by atoms with Crippen molar-refractivity contribution in [3.8, 4) is 0 Å². The van der Waals surface area contributed by atoms with Crippen molar-refractivity contribution in [3.05, 3.63) is 53.6 Å². The number of nitrogens with zero attached hydrogens (tertiary/aromatic N) is 2. The Balaban J connectivity index is 1.73. The van der Waals surface area contributed by atoms with E-state index in [0.717, 1.165) is 44.6 Å². The molecule has 3 rings (SSSR count). The molecule has 0 radical (unpaired) electrons. The molecule has 5 heteroatoms. The van der Waals surface area contributed by atoms with Crippen molar-refractivity contribution in [2.24, 2.45) is 0 Å². The van der Waals surface area contributed by atoms with Crippen molar-refractivity contribution in [2.45, 2.75) is 51.2 Å². The van der Waals surface area contributed by atoms with E-state index in [4.69, 9.17) is 4.74 Å². The molecule has 130 valence electrons. The quantitative estimate of drug-likeness (QED) is 0.881. The summed E-state index contributed by atoms with van der Waals surface area (Å²) >= 11 is 0. The average Bonchev–Trinajstić information content (AvgIpc) is 3.05. The monoisotopic (exact) mass is 331 g/mol. The van der Waals surface area contributed by atoms with Crippen molar-refractivity contribution in [2.75, 3.05) is 13.2 Å². The highest BCUT2D eigenvalue weighted by Gasteiger charge is 2.32. The normalized spacial score (nSPS) is 17.3. The molecule has 4 nitrogen and oxygen atoms in total. The van der Waals surface area contributed by atoms with Gasteiger partial charge >= 0.3 is 0 Å². The van der Waals surface area contributed by atoms with Crippen LogP contribution in [-0.2, 0) is 17.7 Å². The molecule has 0 amide bonds. The highest BCUT2D eigenvalue weighted by molar-refractivity contribution is 5.19. The van der Waals surface area contributed by atoms with Gasteiger partial charge in [0.15, 0.2) is 0 Å². The summed E-state index contributed by atoms with van der Waals surface area (Å²) < 4.78 is 20.8. The van der Waals surface area contributed by atoms with Gasteiger partial charge in [-0.2, -0.15) is 5.10 Å². The SMILES string of the molecule is CC(C)n1nccc1CNC1(Cc2ccc(F)cc2)CCOCC1. The molecular weight excluding hydrogens is 305 g/mol. The van der Waals surface area contributed by atoms with Crippen molar-refractivity contribution >= 4 is 0 Å². The summed E-state index contributed by atoms with van der Waals surface area (Å²) in [6, 6.07) is 9.25. The number of rotatable bonds is 6. The Bertz CT molecular complexity index is 645. The van der Waals surface area contributed by atoms with E-state index >= 15 is 0 Å². The molecule has 1 aliphatic rings. The second-order valence-electron chi connectivity index (χ2n) is 6.91. The molecule has 0 unspecified atom stereocenters. The molecule has 1 aromatic heterocycles. The molecular formula is C19H26FN3O. The van der Waals surface area contributed by atoms with E-state index in [1.54, 1.807) is 0 Å². The highest BCUT2D eigenvalue weighted by Crippen LogP contribution is 2.26. The third-order valence-electron chi connectivity index (χ3n) is 4.79. The van der Waals surface area contributed by atoms with Gasteiger partial charge < -0.3 is 10.1 Å². The number of hydrogen-bond acceptors (Lipinski definition) is 3. The Kier molecular flexibility index (Phi) is 5.31. The molecule has 24 heavy (non-hydrogen) atoms. The molecule has 1 saturated heterocycles. The molecule has 2 heterocycles. The number of ether oxygens (including phenoxy) is 1. The number of aromatic nitrogens is 2. The van der Waals surface area contributed by atoms with Crippen LogP contribution in [0.25, 0.3) is 0 Å². The van der Waals surface area contributed by atoms with Crippen LogP contribution in [0.5, 0.6) is 0 Å². The van der Waals surface area contributed by atoms with E-state index in [0.29, 0.717) is 6.04 Å². The van der Waals surface area contributed by atoms with Gasteiger partial charge in [-0.3, -0.25) is 4.68 Å². The first-order chi connectivity index (χ1) is 11.6. The largest absolute Gasteiger partial charge is 0.381 e. The topological polar surface area (TPSA) is 39.1 Å². The zero-order valence-electron chi connectivity index (χ0n) is 14.5. The van der Waals surface area contributed by atoms with Crippen LogP contribution in [0.1, 0.15) is 44.0 Å². The number of hydrogen-bond donors (Lipinski definition) is 1. The smallest absolute Gasteiger partial charge is 0.123 e.